The second-order valence-corrected chi connectivity index (χ2v) is 7.69. The van der Waals surface area contributed by atoms with E-state index in [0.29, 0.717) is 23.6 Å². The number of alkyl halides is 3. The number of benzene rings is 1. The van der Waals surface area contributed by atoms with E-state index in [4.69, 9.17) is 4.74 Å². The van der Waals surface area contributed by atoms with Crippen molar-refractivity contribution in [1.82, 2.24) is 10.4 Å². The highest BCUT2D eigenvalue weighted by Crippen LogP contribution is 2.48. The van der Waals surface area contributed by atoms with Crippen molar-refractivity contribution in [2.75, 3.05) is 6.61 Å². The van der Waals surface area contributed by atoms with Crippen LogP contribution in [0.5, 0.6) is 5.75 Å². The van der Waals surface area contributed by atoms with E-state index in [1.165, 1.54) is 0 Å². The monoisotopic (exact) mass is 398 g/mol. The summed E-state index contributed by atoms with van der Waals surface area (Å²) in [4.78, 5) is 12.6. The predicted molar refractivity (Wildman–Crippen MR) is 97.2 cm³/mol. The molecule has 0 spiro atoms. The Morgan fingerprint density at radius 3 is 2.79 bits per heavy atom. The second-order valence-electron chi connectivity index (χ2n) is 7.69. The zero-order chi connectivity index (χ0) is 20.7. The number of nitrogens with zero attached hydrogens (tertiary/aromatic N) is 1. The SMILES string of the molecule is Cc1ccc(C(C)C)c(OCC(=O)N2NC3=CCCC[C@H]3[C@]2(O)C(F)(F)F)c1. The lowest BCUT2D eigenvalue weighted by atomic mass is 9.84. The minimum Gasteiger partial charge on any atom is -0.483 e. The number of nitrogens with one attached hydrogen (secondary N) is 1. The Labute approximate surface area is 162 Å². The molecular formula is C20H25F3N2O3. The Hall–Kier alpha value is -2.22. The fraction of sp³-hybridized carbons (Fsp3) is 0.550. The fourth-order valence-corrected chi connectivity index (χ4v) is 3.81. The smallest absolute Gasteiger partial charge is 0.439 e. The number of hydrogen-bond acceptors (Lipinski definition) is 4. The number of halogens is 3. The molecule has 0 unspecified atom stereocenters. The van der Waals surface area contributed by atoms with E-state index in [1.54, 1.807) is 12.1 Å². The molecule has 2 atom stereocenters. The first kappa shape index (κ1) is 20.5. The Bertz CT molecular complexity index is 791. The van der Waals surface area contributed by atoms with Crippen molar-refractivity contribution in [3.05, 3.63) is 41.1 Å². The molecule has 1 aromatic carbocycles. The van der Waals surface area contributed by atoms with Gasteiger partial charge in [-0.05, 0) is 49.3 Å². The van der Waals surface area contributed by atoms with Crippen molar-refractivity contribution < 1.29 is 27.8 Å². The molecule has 0 bridgehead atoms. The summed E-state index contributed by atoms with van der Waals surface area (Å²) in [6, 6.07) is 5.53. The minimum atomic E-state index is -5.00. The van der Waals surface area contributed by atoms with E-state index >= 15 is 0 Å². The molecule has 154 valence electrons. The molecule has 8 heteroatoms. The number of ether oxygens (including phenoxy) is 1. The number of carbonyl (C=O) groups excluding carboxylic acids is 1. The topological polar surface area (TPSA) is 61.8 Å². The van der Waals surface area contributed by atoms with Gasteiger partial charge in [0.05, 0.1) is 5.92 Å². The number of aryl methyl sites for hydroxylation is 1. The van der Waals surface area contributed by atoms with Gasteiger partial charge in [0.25, 0.3) is 11.6 Å². The Morgan fingerprint density at radius 2 is 2.14 bits per heavy atom. The van der Waals surface area contributed by atoms with Gasteiger partial charge in [0.2, 0.25) is 0 Å². The molecule has 0 radical (unpaired) electrons. The van der Waals surface area contributed by atoms with E-state index in [-0.39, 0.29) is 18.0 Å². The molecule has 0 saturated carbocycles. The van der Waals surface area contributed by atoms with Crippen LogP contribution in [0.1, 0.15) is 50.2 Å². The number of hydrogen-bond donors (Lipinski definition) is 2. The fourth-order valence-electron chi connectivity index (χ4n) is 3.81. The van der Waals surface area contributed by atoms with Gasteiger partial charge < -0.3 is 9.84 Å². The summed E-state index contributed by atoms with van der Waals surface area (Å²) in [5, 5.41) is 10.8. The third-order valence-electron chi connectivity index (χ3n) is 5.31. The van der Waals surface area contributed by atoms with E-state index in [9.17, 15) is 23.1 Å². The summed E-state index contributed by atoms with van der Waals surface area (Å²) < 4.78 is 46.9. The maximum atomic E-state index is 13.8. The summed E-state index contributed by atoms with van der Waals surface area (Å²) in [6.45, 7) is 5.16. The van der Waals surface area contributed by atoms with Crippen LogP contribution in [-0.2, 0) is 4.79 Å². The van der Waals surface area contributed by atoms with Gasteiger partial charge in [-0.25, -0.2) is 5.01 Å². The van der Waals surface area contributed by atoms with Crippen molar-refractivity contribution in [2.45, 2.75) is 57.9 Å². The van der Waals surface area contributed by atoms with Crippen LogP contribution in [0.2, 0.25) is 0 Å². The summed E-state index contributed by atoms with van der Waals surface area (Å²) in [6.07, 6.45) is -2.12. The lowest BCUT2D eigenvalue weighted by Crippen LogP contribution is -2.63. The zero-order valence-electron chi connectivity index (χ0n) is 16.1. The van der Waals surface area contributed by atoms with Gasteiger partial charge in [-0.15, -0.1) is 0 Å². The highest BCUT2D eigenvalue weighted by Gasteiger charge is 2.68. The summed E-state index contributed by atoms with van der Waals surface area (Å²) in [7, 11) is 0. The number of carbonyl (C=O) groups is 1. The van der Waals surface area contributed by atoms with E-state index < -0.39 is 30.3 Å². The number of allylic oxidation sites excluding steroid dienone is 1. The van der Waals surface area contributed by atoms with Crippen LogP contribution >= 0.6 is 0 Å². The Balaban J connectivity index is 1.83. The van der Waals surface area contributed by atoms with Gasteiger partial charge in [-0.1, -0.05) is 32.1 Å². The first-order chi connectivity index (χ1) is 13.1. The number of aliphatic hydroxyl groups is 1. The highest BCUT2D eigenvalue weighted by atomic mass is 19.4. The molecular weight excluding hydrogens is 373 g/mol. The summed E-state index contributed by atoms with van der Waals surface area (Å²) in [5.74, 6) is -1.62. The molecule has 3 rings (SSSR count). The molecule has 1 fully saturated rings. The van der Waals surface area contributed by atoms with Crippen LogP contribution in [0.15, 0.2) is 30.0 Å². The normalized spacial score (nSPS) is 24.6. The lowest BCUT2D eigenvalue weighted by molar-refractivity contribution is -0.319. The highest BCUT2D eigenvalue weighted by molar-refractivity contribution is 5.79. The predicted octanol–water partition coefficient (Wildman–Crippen LogP) is 3.78. The van der Waals surface area contributed by atoms with Crippen molar-refractivity contribution >= 4 is 5.91 Å². The van der Waals surface area contributed by atoms with Gasteiger partial charge in [-0.2, -0.15) is 13.2 Å². The largest absolute Gasteiger partial charge is 0.483 e. The van der Waals surface area contributed by atoms with Gasteiger partial charge in [-0.3, -0.25) is 10.2 Å². The number of rotatable bonds is 4. The maximum absolute atomic E-state index is 13.8. The van der Waals surface area contributed by atoms with Crippen molar-refractivity contribution in [3.63, 3.8) is 0 Å². The molecule has 1 heterocycles. The van der Waals surface area contributed by atoms with Crippen LogP contribution in [0.3, 0.4) is 0 Å². The number of fused-ring (bicyclic) bond motifs is 1. The van der Waals surface area contributed by atoms with Crippen LogP contribution in [0.4, 0.5) is 13.2 Å². The van der Waals surface area contributed by atoms with E-state index in [0.717, 1.165) is 11.1 Å². The third kappa shape index (κ3) is 3.45. The van der Waals surface area contributed by atoms with Crippen molar-refractivity contribution in [3.8, 4) is 5.75 Å². The molecule has 1 aliphatic heterocycles. The molecule has 28 heavy (non-hydrogen) atoms. The molecule has 5 nitrogen and oxygen atoms in total. The van der Waals surface area contributed by atoms with Crippen LogP contribution < -0.4 is 10.2 Å². The number of hydrazine groups is 1. The van der Waals surface area contributed by atoms with Crippen LogP contribution in [0, 0.1) is 12.8 Å². The van der Waals surface area contributed by atoms with Gasteiger partial charge >= 0.3 is 6.18 Å². The van der Waals surface area contributed by atoms with Gasteiger partial charge in [0, 0.05) is 5.70 Å². The molecule has 2 N–H and O–H groups in total. The molecule has 1 amide bonds. The van der Waals surface area contributed by atoms with E-state index in [2.05, 4.69) is 5.43 Å². The molecule has 1 aromatic rings. The first-order valence-corrected chi connectivity index (χ1v) is 9.38. The Morgan fingerprint density at radius 1 is 1.43 bits per heavy atom. The second kappa shape index (κ2) is 7.31. The lowest BCUT2D eigenvalue weighted by Gasteiger charge is -2.37. The summed E-state index contributed by atoms with van der Waals surface area (Å²) in [5.41, 5.74) is 1.19. The minimum absolute atomic E-state index is 0.121. The molecule has 2 aliphatic rings. The third-order valence-corrected chi connectivity index (χ3v) is 5.31. The Kier molecular flexibility index (Phi) is 5.36. The first-order valence-electron chi connectivity index (χ1n) is 9.38. The van der Waals surface area contributed by atoms with Crippen LogP contribution in [-0.4, -0.2) is 34.5 Å². The molecule has 0 aromatic heterocycles. The van der Waals surface area contributed by atoms with Gasteiger partial charge in [0.1, 0.15) is 5.75 Å². The molecule has 1 aliphatic carbocycles. The van der Waals surface area contributed by atoms with Crippen molar-refractivity contribution in [2.24, 2.45) is 5.92 Å². The maximum Gasteiger partial charge on any atom is 0.439 e. The van der Waals surface area contributed by atoms with Crippen LogP contribution in [0.25, 0.3) is 0 Å². The van der Waals surface area contributed by atoms with Crippen molar-refractivity contribution in [1.29, 1.82) is 0 Å². The molecule has 1 saturated heterocycles. The average Bonchev–Trinajstić information content (AvgIpc) is 2.94. The number of amides is 1. The summed E-state index contributed by atoms with van der Waals surface area (Å²) >= 11 is 0. The zero-order valence-corrected chi connectivity index (χ0v) is 16.1. The standard InChI is InChI=1S/C20H25F3N2O3/c1-12(2)14-9-8-13(3)10-17(14)28-11-18(26)25-19(27,20(21,22)23)15-6-4-5-7-16(15)24-25/h7-10,12,15,24,27H,4-6,11H2,1-3H3/t15-,19+/m1/s1. The average molecular weight is 398 g/mol. The van der Waals surface area contributed by atoms with Gasteiger partial charge in [0.15, 0.2) is 6.61 Å². The quantitative estimate of drug-likeness (QED) is 0.810. The van der Waals surface area contributed by atoms with E-state index in [1.807, 2.05) is 32.9 Å².